The molecule has 0 bridgehead atoms. The molecule has 2 aromatic carbocycles. The fourth-order valence-electron chi connectivity index (χ4n) is 3.00. The Hall–Kier alpha value is -3.47. The van der Waals surface area contributed by atoms with E-state index >= 15 is 0 Å². The van der Waals surface area contributed by atoms with Crippen LogP contribution in [0.5, 0.6) is 5.75 Å². The Morgan fingerprint density at radius 3 is 2.20 bits per heavy atom. The molecule has 0 amide bonds. The molecular formula is C25H33NO9. The third kappa shape index (κ3) is 13.1. The topological polar surface area (TPSA) is 174 Å². The number of nitrogens with one attached hydrogen (secondary N) is 1. The standard InChI is InChI=1S/C23H31NO5.C2H2O4/c25-17-20-15-19(10-11-21(20)26)22(27)16-24-12-6-1-2-7-13-29-23(28)14-18-8-4-3-5-9-18;3-1(4)2(5)6/h3-5,8-11,15,22,24-27H,1-2,6-7,12-14,16-17H2;(H,3,4)(H,5,6). The number of carbonyl (C=O) groups is 3. The van der Waals surface area contributed by atoms with Gasteiger partial charge in [0.05, 0.1) is 25.7 Å². The van der Waals surface area contributed by atoms with Crippen LogP contribution in [0.3, 0.4) is 0 Å². The summed E-state index contributed by atoms with van der Waals surface area (Å²) in [5.74, 6) is -3.81. The van der Waals surface area contributed by atoms with Gasteiger partial charge in [0.15, 0.2) is 0 Å². The van der Waals surface area contributed by atoms with Crippen molar-refractivity contribution in [2.24, 2.45) is 0 Å². The summed E-state index contributed by atoms with van der Waals surface area (Å²) in [6.07, 6.45) is 3.45. The van der Waals surface area contributed by atoms with Gasteiger partial charge in [-0.15, -0.1) is 0 Å². The molecule has 0 saturated carbocycles. The molecule has 10 nitrogen and oxygen atoms in total. The molecule has 2 aromatic rings. The average molecular weight is 492 g/mol. The van der Waals surface area contributed by atoms with Gasteiger partial charge >= 0.3 is 17.9 Å². The number of aliphatic carboxylic acids is 2. The number of benzene rings is 2. The summed E-state index contributed by atoms with van der Waals surface area (Å²) in [5, 5.41) is 46.9. The van der Waals surface area contributed by atoms with E-state index in [1.165, 1.54) is 6.07 Å². The zero-order valence-corrected chi connectivity index (χ0v) is 19.4. The summed E-state index contributed by atoms with van der Waals surface area (Å²) in [6.45, 7) is 1.38. The maximum absolute atomic E-state index is 11.7. The normalized spacial score (nSPS) is 11.1. The number of carbonyl (C=O) groups excluding carboxylic acids is 1. The van der Waals surface area contributed by atoms with Crippen LogP contribution >= 0.6 is 0 Å². The van der Waals surface area contributed by atoms with Gasteiger partial charge in [-0.1, -0.05) is 49.2 Å². The molecular weight excluding hydrogens is 458 g/mol. The van der Waals surface area contributed by atoms with E-state index in [2.05, 4.69) is 5.32 Å². The van der Waals surface area contributed by atoms with Crippen LogP contribution in [0.25, 0.3) is 0 Å². The van der Waals surface area contributed by atoms with Gasteiger partial charge in [0, 0.05) is 12.1 Å². The predicted octanol–water partition coefficient (Wildman–Crippen LogP) is 2.01. The Balaban J connectivity index is 0.000000905. The quantitative estimate of drug-likeness (QED) is 0.138. The largest absolute Gasteiger partial charge is 0.508 e. The maximum atomic E-state index is 11.7. The fraction of sp³-hybridized carbons (Fsp3) is 0.400. The van der Waals surface area contributed by atoms with Gasteiger partial charge in [-0.05, 0) is 42.6 Å². The second kappa shape index (κ2) is 17.0. The maximum Gasteiger partial charge on any atom is 0.414 e. The Bertz CT molecular complexity index is 906. The second-order valence-corrected chi connectivity index (χ2v) is 7.67. The summed E-state index contributed by atoms with van der Waals surface area (Å²) in [5.41, 5.74) is 2.04. The van der Waals surface area contributed by atoms with E-state index in [9.17, 15) is 20.1 Å². The third-order valence-corrected chi connectivity index (χ3v) is 4.88. The van der Waals surface area contributed by atoms with Crippen LogP contribution in [0.15, 0.2) is 48.5 Å². The van der Waals surface area contributed by atoms with E-state index in [1.54, 1.807) is 12.1 Å². The lowest BCUT2D eigenvalue weighted by atomic mass is 10.1. The molecule has 2 rings (SSSR count). The Morgan fingerprint density at radius 1 is 0.914 bits per heavy atom. The monoisotopic (exact) mass is 491 g/mol. The van der Waals surface area contributed by atoms with Gasteiger partial charge in [-0.3, -0.25) is 4.79 Å². The highest BCUT2D eigenvalue weighted by Gasteiger charge is 2.10. The minimum absolute atomic E-state index is 0.0298. The van der Waals surface area contributed by atoms with E-state index in [4.69, 9.17) is 24.5 Å². The van der Waals surface area contributed by atoms with Crippen molar-refractivity contribution in [3.63, 3.8) is 0 Å². The molecule has 0 aromatic heterocycles. The molecule has 0 aliphatic carbocycles. The number of rotatable bonds is 13. The molecule has 0 aliphatic rings. The zero-order valence-electron chi connectivity index (χ0n) is 19.4. The number of hydrogen-bond acceptors (Lipinski definition) is 8. The van der Waals surface area contributed by atoms with Crippen LogP contribution in [0.2, 0.25) is 0 Å². The third-order valence-electron chi connectivity index (χ3n) is 4.88. The number of esters is 1. The van der Waals surface area contributed by atoms with E-state index < -0.39 is 18.0 Å². The predicted molar refractivity (Wildman–Crippen MR) is 127 cm³/mol. The summed E-state index contributed by atoms with van der Waals surface area (Å²) in [4.78, 5) is 29.9. The molecule has 1 atom stereocenters. The molecule has 35 heavy (non-hydrogen) atoms. The van der Waals surface area contributed by atoms with Crippen LogP contribution < -0.4 is 5.32 Å². The highest BCUT2D eigenvalue weighted by molar-refractivity contribution is 6.27. The molecule has 1 unspecified atom stereocenters. The van der Waals surface area contributed by atoms with Gasteiger partial charge < -0.3 is 35.6 Å². The Morgan fingerprint density at radius 2 is 1.57 bits per heavy atom. The van der Waals surface area contributed by atoms with E-state index in [0.717, 1.165) is 37.8 Å². The van der Waals surface area contributed by atoms with Crippen molar-refractivity contribution in [3.05, 3.63) is 65.2 Å². The van der Waals surface area contributed by atoms with Gasteiger partial charge in [0.25, 0.3) is 0 Å². The molecule has 0 fully saturated rings. The number of carboxylic acid groups (broad SMARTS) is 2. The van der Waals surface area contributed by atoms with Crippen LogP contribution in [-0.2, 0) is 32.1 Å². The number of phenols is 1. The van der Waals surface area contributed by atoms with Gasteiger partial charge in [0.2, 0.25) is 0 Å². The highest BCUT2D eigenvalue weighted by Crippen LogP contribution is 2.22. The summed E-state index contributed by atoms with van der Waals surface area (Å²) in [7, 11) is 0. The van der Waals surface area contributed by atoms with Gasteiger partial charge in [0.1, 0.15) is 5.75 Å². The lowest BCUT2D eigenvalue weighted by Crippen LogP contribution is -2.22. The lowest BCUT2D eigenvalue weighted by Gasteiger charge is -2.14. The summed E-state index contributed by atoms with van der Waals surface area (Å²) in [6, 6.07) is 14.3. The van der Waals surface area contributed by atoms with Crippen LogP contribution in [0.4, 0.5) is 0 Å². The number of aliphatic hydroxyl groups excluding tert-OH is 2. The van der Waals surface area contributed by atoms with Crippen molar-refractivity contribution in [1.82, 2.24) is 5.32 Å². The first-order valence-electron chi connectivity index (χ1n) is 11.2. The minimum atomic E-state index is -1.82. The number of aliphatic hydroxyl groups is 2. The first-order valence-corrected chi connectivity index (χ1v) is 11.2. The fourth-order valence-corrected chi connectivity index (χ4v) is 3.00. The van der Waals surface area contributed by atoms with Crippen LogP contribution in [0, 0.1) is 0 Å². The molecule has 0 spiro atoms. The molecule has 0 heterocycles. The van der Waals surface area contributed by atoms with E-state index in [0.29, 0.717) is 30.7 Å². The van der Waals surface area contributed by atoms with Crippen molar-refractivity contribution in [1.29, 1.82) is 0 Å². The minimum Gasteiger partial charge on any atom is -0.508 e. The molecule has 10 heteroatoms. The van der Waals surface area contributed by atoms with Crippen molar-refractivity contribution in [2.75, 3.05) is 19.7 Å². The number of ether oxygens (including phenoxy) is 1. The van der Waals surface area contributed by atoms with Crippen molar-refractivity contribution < 1.29 is 44.7 Å². The summed E-state index contributed by atoms with van der Waals surface area (Å²) >= 11 is 0. The Labute approximate surface area is 203 Å². The number of hydrogen-bond donors (Lipinski definition) is 6. The van der Waals surface area contributed by atoms with Crippen LogP contribution in [0.1, 0.15) is 48.5 Å². The molecule has 0 radical (unpaired) electrons. The smallest absolute Gasteiger partial charge is 0.414 e. The van der Waals surface area contributed by atoms with Crippen molar-refractivity contribution in [3.8, 4) is 5.75 Å². The second-order valence-electron chi connectivity index (χ2n) is 7.67. The van der Waals surface area contributed by atoms with E-state index in [-0.39, 0.29) is 18.3 Å². The molecule has 0 saturated heterocycles. The first-order chi connectivity index (χ1) is 16.7. The average Bonchev–Trinajstić information content (AvgIpc) is 2.84. The number of unbranched alkanes of at least 4 members (excludes halogenated alkanes) is 3. The highest BCUT2D eigenvalue weighted by atomic mass is 16.5. The van der Waals surface area contributed by atoms with Gasteiger partial charge in [-0.2, -0.15) is 0 Å². The first kappa shape index (κ1) is 29.6. The van der Waals surface area contributed by atoms with Crippen LogP contribution in [-0.4, -0.2) is 63.1 Å². The van der Waals surface area contributed by atoms with Crippen molar-refractivity contribution in [2.45, 2.75) is 44.8 Å². The van der Waals surface area contributed by atoms with E-state index in [1.807, 2.05) is 30.3 Å². The lowest BCUT2D eigenvalue weighted by molar-refractivity contribution is -0.159. The summed E-state index contributed by atoms with van der Waals surface area (Å²) < 4.78 is 5.26. The SMILES string of the molecule is O=C(Cc1ccccc1)OCCCCCCNCC(O)c1ccc(O)c(CO)c1.O=C(O)C(=O)O. The molecule has 192 valence electrons. The Kier molecular flexibility index (Phi) is 14.4. The van der Waals surface area contributed by atoms with Crippen molar-refractivity contribution >= 4 is 17.9 Å². The zero-order chi connectivity index (χ0) is 26.1. The molecule has 0 aliphatic heterocycles. The number of carboxylic acids is 2. The van der Waals surface area contributed by atoms with Gasteiger partial charge in [-0.25, -0.2) is 9.59 Å². The molecule has 6 N–H and O–H groups in total. The number of aromatic hydroxyl groups is 1.